The van der Waals surface area contributed by atoms with Crippen LogP contribution >= 0.6 is 11.8 Å². The number of carbonyl (C=O) groups excluding carboxylic acids is 1. The summed E-state index contributed by atoms with van der Waals surface area (Å²) in [7, 11) is 1.63. The van der Waals surface area contributed by atoms with Gasteiger partial charge in [-0.2, -0.15) is 0 Å². The molecule has 4 heteroatoms. The molecule has 100 valence electrons. The van der Waals surface area contributed by atoms with Crippen LogP contribution in [0.2, 0.25) is 0 Å². The molecule has 3 nitrogen and oxygen atoms in total. The first kappa shape index (κ1) is 12.8. The summed E-state index contributed by atoms with van der Waals surface area (Å²) in [6.07, 6.45) is 1.86. The van der Waals surface area contributed by atoms with Crippen LogP contribution in [0.3, 0.4) is 0 Å². The molecule has 0 aliphatic carbocycles. The third kappa shape index (κ3) is 2.42. The minimum absolute atomic E-state index is 0.0837. The molecule has 20 heavy (non-hydrogen) atoms. The van der Waals surface area contributed by atoms with E-state index < -0.39 is 0 Å². The molecule has 1 amide bonds. The van der Waals surface area contributed by atoms with Gasteiger partial charge in [0.2, 0.25) is 0 Å². The van der Waals surface area contributed by atoms with E-state index >= 15 is 0 Å². The lowest BCUT2D eigenvalue weighted by Gasteiger charge is -2.18. The number of para-hydroxylation sites is 2. The van der Waals surface area contributed by atoms with Crippen LogP contribution in [0.25, 0.3) is 6.08 Å². The lowest BCUT2D eigenvalue weighted by molar-refractivity contribution is -0.112. The van der Waals surface area contributed by atoms with Crippen molar-refractivity contribution in [3.05, 3.63) is 59.0 Å². The predicted molar refractivity (Wildman–Crippen MR) is 81.9 cm³/mol. The molecule has 0 bridgehead atoms. The minimum Gasteiger partial charge on any atom is -0.496 e. The molecule has 0 aromatic heterocycles. The Kier molecular flexibility index (Phi) is 3.48. The third-order valence-electron chi connectivity index (χ3n) is 3.00. The highest BCUT2D eigenvalue weighted by molar-refractivity contribution is 8.04. The van der Waals surface area contributed by atoms with Gasteiger partial charge in [0.05, 0.1) is 17.7 Å². The molecule has 0 radical (unpaired) electrons. The highest BCUT2D eigenvalue weighted by Crippen LogP contribution is 2.39. The van der Waals surface area contributed by atoms with Crippen LogP contribution in [0.4, 0.5) is 5.69 Å². The summed E-state index contributed by atoms with van der Waals surface area (Å²) < 4.78 is 5.31. The van der Waals surface area contributed by atoms with Crippen molar-refractivity contribution in [2.24, 2.45) is 0 Å². The van der Waals surface area contributed by atoms with E-state index in [2.05, 4.69) is 5.32 Å². The molecule has 0 fully saturated rings. The SMILES string of the molecule is COc1ccccc1/C=C1/Sc2ccccc2NC1=O. The predicted octanol–water partition coefficient (Wildman–Crippen LogP) is 3.78. The van der Waals surface area contributed by atoms with Gasteiger partial charge in [-0.25, -0.2) is 0 Å². The van der Waals surface area contributed by atoms with Crippen LogP contribution in [0.15, 0.2) is 58.3 Å². The van der Waals surface area contributed by atoms with Crippen molar-refractivity contribution in [3.63, 3.8) is 0 Å². The van der Waals surface area contributed by atoms with E-state index in [4.69, 9.17) is 4.74 Å². The van der Waals surface area contributed by atoms with Crippen molar-refractivity contribution in [1.82, 2.24) is 0 Å². The molecular formula is C16H13NO2S. The Labute approximate surface area is 121 Å². The molecule has 0 spiro atoms. The summed E-state index contributed by atoms with van der Waals surface area (Å²) in [6.45, 7) is 0. The topological polar surface area (TPSA) is 38.3 Å². The van der Waals surface area contributed by atoms with Crippen LogP contribution in [-0.2, 0) is 4.79 Å². The first-order valence-electron chi connectivity index (χ1n) is 6.21. The van der Waals surface area contributed by atoms with Crippen LogP contribution < -0.4 is 10.1 Å². The summed E-state index contributed by atoms with van der Waals surface area (Å²) >= 11 is 1.47. The van der Waals surface area contributed by atoms with E-state index in [-0.39, 0.29) is 5.91 Å². The molecule has 2 aromatic carbocycles. The highest BCUT2D eigenvalue weighted by atomic mass is 32.2. The molecule has 1 aliphatic rings. The second-order valence-corrected chi connectivity index (χ2v) is 5.39. The van der Waals surface area contributed by atoms with Gasteiger partial charge >= 0.3 is 0 Å². The van der Waals surface area contributed by atoms with Crippen molar-refractivity contribution in [3.8, 4) is 5.75 Å². The summed E-state index contributed by atoms with van der Waals surface area (Å²) in [4.78, 5) is 13.8. The van der Waals surface area contributed by atoms with Crippen LogP contribution in [0.5, 0.6) is 5.75 Å². The zero-order chi connectivity index (χ0) is 13.9. The van der Waals surface area contributed by atoms with E-state index in [1.807, 2.05) is 54.6 Å². The first-order valence-corrected chi connectivity index (χ1v) is 7.02. The van der Waals surface area contributed by atoms with Gasteiger partial charge in [0, 0.05) is 10.5 Å². The minimum atomic E-state index is -0.0837. The number of carbonyl (C=O) groups is 1. The maximum absolute atomic E-state index is 12.1. The van der Waals surface area contributed by atoms with E-state index in [9.17, 15) is 4.79 Å². The van der Waals surface area contributed by atoms with Crippen LogP contribution in [0.1, 0.15) is 5.56 Å². The number of thioether (sulfide) groups is 1. The van der Waals surface area contributed by atoms with Crippen LogP contribution in [-0.4, -0.2) is 13.0 Å². The molecule has 3 rings (SSSR count). The van der Waals surface area contributed by atoms with Crippen LogP contribution in [0, 0.1) is 0 Å². The van der Waals surface area contributed by atoms with Gasteiger partial charge in [-0.1, -0.05) is 42.1 Å². The second-order valence-electron chi connectivity index (χ2n) is 4.30. The number of methoxy groups -OCH3 is 1. The molecule has 1 aliphatic heterocycles. The monoisotopic (exact) mass is 283 g/mol. The fraction of sp³-hybridized carbons (Fsp3) is 0.0625. The Morgan fingerprint density at radius 3 is 2.70 bits per heavy atom. The Bertz CT molecular complexity index is 694. The number of rotatable bonds is 2. The number of amides is 1. The van der Waals surface area contributed by atoms with Gasteiger partial charge < -0.3 is 10.1 Å². The van der Waals surface area contributed by atoms with E-state index in [0.717, 1.165) is 21.9 Å². The molecule has 1 heterocycles. The van der Waals surface area contributed by atoms with E-state index in [0.29, 0.717) is 4.91 Å². The Morgan fingerprint density at radius 1 is 1.10 bits per heavy atom. The van der Waals surface area contributed by atoms with Gasteiger partial charge in [0.1, 0.15) is 5.75 Å². The number of ether oxygens (including phenoxy) is 1. The fourth-order valence-corrected chi connectivity index (χ4v) is 2.97. The number of fused-ring (bicyclic) bond motifs is 1. The van der Waals surface area contributed by atoms with Gasteiger partial charge in [-0.05, 0) is 24.3 Å². The largest absolute Gasteiger partial charge is 0.496 e. The van der Waals surface area contributed by atoms with Crippen molar-refractivity contribution < 1.29 is 9.53 Å². The fourth-order valence-electron chi connectivity index (χ4n) is 2.03. The van der Waals surface area contributed by atoms with Crippen molar-refractivity contribution in [2.45, 2.75) is 4.90 Å². The Morgan fingerprint density at radius 2 is 1.85 bits per heavy atom. The molecule has 0 saturated heterocycles. The maximum Gasteiger partial charge on any atom is 0.262 e. The van der Waals surface area contributed by atoms with Gasteiger partial charge in [0.25, 0.3) is 5.91 Å². The number of anilines is 1. The summed E-state index contributed by atoms with van der Waals surface area (Å²) in [5.41, 5.74) is 1.76. The number of hydrogen-bond donors (Lipinski definition) is 1. The molecule has 0 saturated carbocycles. The average Bonchev–Trinajstić information content (AvgIpc) is 2.48. The summed E-state index contributed by atoms with van der Waals surface area (Å²) in [5, 5.41) is 2.90. The number of benzene rings is 2. The molecule has 2 aromatic rings. The Hall–Kier alpha value is -2.20. The van der Waals surface area contributed by atoms with Crippen molar-refractivity contribution >= 4 is 29.4 Å². The van der Waals surface area contributed by atoms with Crippen molar-refractivity contribution in [1.29, 1.82) is 0 Å². The number of nitrogens with one attached hydrogen (secondary N) is 1. The lowest BCUT2D eigenvalue weighted by Crippen LogP contribution is -2.17. The van der Waals surface area contributed by atoms with E-state index in [1.165, 1.54) is 11.8 Å². The van der Waals surface area contributed by atoms with Gasteiger partial charge in [-0.15, -0.1) is 0 Å². The van der Waals surface area contributed by atoms with Gasteiger partial charge in [0.15, 0.2) is 0 Å². The normalized spacial score (nSPS) is 15.7. The molecule has 1 N–H and O–H groups in total. The average molecular weight is 283 g/mol. The quantitative estimate of drug-likeness (QED) is 0.852. The summed E-state index contributed by atoms with van der Waals surface area (Å²) in [5.74, 6) is 0.673. The Balaban J connectivity index is 1.99. The zero-order valence-electron chi connectivity index (χ0n) is 10.9. The standard InChI is InChI=1S/C16H13NO2S/c1-19-13-8-4-2-6-11(13)10-15-16(18)17-12-7-3-5-9-14(12)20-15/h2-10H,1H3,(H,17,18)/b15-10+. The lowest BCUT2D eigenvalue weighted by atomic mass is 10.2. The number of hydrogen-bond acceptors (Lipinski definition) is 3. The smallest absolute Gasteiger partial charge is 0.262 e. The second kappa shape index (κ2) is 5.43. The summed E-state index contributed by atoms with van der Waals surface area (Å²) in [6, 6.07) is 15.4. The first-order chi connectivity index (χ1) is 9.78. The zero-order valence-corrected chi connectivity index (χ0v) is 11.7. The molecular weight excluding hydrogens is 270 g/mol. The maximum atomic E-state index is 12.1. The highest BCUT2D eigenvalue weighted by Gasteiger charge is 2.20. The molecule has 0 unspecified atom stereocenters. The third-order valence-corrected chi connectivity index (χ3v) is 4.10. The van der Waals surface area contributed by atoms with Crippen molar-refractivity contribution in [2.75, 3.05) is 12.4 Å². The molecule has 0 atom stereocenters. The van der Waals surface area contributed by atoms with E-state index in [1.54, 1.807) is 7.11 Å². The van der Waals surface area contributed by atoms with Gasteiger partial charge in [-0.3, -0.25) is 4.79 Å².